The average molecular weight is 1810 g/mol. The molecule has 13 aliphatic rings. The first-order valence-corrected chi connectivity index (χ1v) is 91.9. The van der Waals surface area contributed by atoms with E-state index in [0.29, 0.717) is 11.1 Å². The molecule has 0 spiro atoms. The maximum absolute atomic E-state index is 6.86. The molecule has 0 bridgehead atoms. The predicted octanol–water partition coefficient (Wildman–Crippen LogP) is 26.1. The van der Waals surface area contributed by atoms with Gasteiger partial charge in [0, 0.05) is 54.6 Å². The Hall–Kier alpha value is 2.73. The molecular weight excluding hydrogens is 1640 g/mol. The molecule has 17 unspecified atom stereocenters. The van der Waals surface area contributed by atoms with Crippen molar-refractivity contribution in [2.75, 3.05) is 0 Å². The molecule has 608 valence electrons. The summed E-state index contributed by atoms with van der Waals surface area (Å²) >= 11 is 6.03. The summed E-state index contributed by atoms with van der Waals surface area (Å²) in [5, 5.41) is 0. The fraction of sp³-hybridized carbons (Fsp3) is 0.763. The summed E-state index contributed by atoms with van der Waals surface area (Å²) in [6.45, 7) is 65.1. The Morgan fingerprint density at radius 3 is 1.08 bits per heavy atom. The molecule has 2 aromatic carbocycles. The van der Waals surface area contributed by atoms with Gasteiger partial charge < -0.3 is 14.9 Å². The van der Waals surface area contributed by atoms with Crippen LogP contribution in [0.3, 0.4) is 0 Å². The van der Waals surface area contributed by atoms with Crippen LogP contribution in [0, 0.1) is 74.0 Å². The zero-order valence-electron chi connectivity index (χ0n) is 77.3. The van der Waals surface area contributed by atoms with E-state index in [9.17, 15) is 0 Å². The minimum absolute atomic E-state index is 0. The maximum Gasteiger partial charge on any atom is 1.00 e. The van der Waals surface area contributed by atoms with E-state index in [4.69, 9.17) is 28.1 Å². The molecule has 0 aliphatic heterocycles. The van der Waals surface area contributed by atoms with Crippen molar-refractivity contribution in [1.29, 1.82) is 0 Å². The van der Waals surface area contributed by atoms with Gasteiger partial charge in [0.25, 0.3) is 0 Å². The molecule has 0 amide bonds. The second kappa shape index (κ2) is 38.9. The molecule has 0 heterocycles. The summed E-state index contributed by atoms with van der Waals surface area (Å²) in [6, 6.07) is 14.6. The molecule has 0 nitrogen and oxygen atoms in total. The van der Waals surface area contributed by atoms with E-state index in [2.05, 4.69) is 230 Å². The van der Waals surface area contributed by atoms with Gasteiger partial charge in [-0.1, -0.05) is 351 Å². The minimum atomic E-state index is -1.58. The summed E-state index contributed by atoms with van der Waals surface area (Å²) < 4.78 is 0. The Morgan fingerprint density at radius 2 is 0.718 bits per heavy atom. The van der Waals surface area contributed by atoms with Crippen LogP contribution in [0.5, 0.6) is 0 Å². The maximum atomic E-state index is 6.86. The summed E-state index contributed by atoms with van der Waals surface area (Å²) in [6.07, 6.45) is 57.6. The Morgan fingerprint density at radius 1 is 0.355 bits per heavy atom. The van der Waals surface area contributed by atoms with Crippen molar-refractivity contribution in [2.45, 2.75) is 388 Å². The van der Waals surface area contributed by atoms with Crippen molar-refractivity contribution in [3.8, 4) is 0 Å². The molecule has 8 fully saturated rings. The molecule has 0 aromatic heterocycles. The molecular formula is C93H167Cl3Li2Si11Zr+2. The quantitative estimate of drug-likeness (QED) is 0.0841. The summed E-state index contributed by atoms with van der Waals surface area (Å²) in [7, 11) is -1.88. The molecule has 17 heteroatoms. The number of allylic oxidation sites excluding steroid dienone is 6. The van der Waals surface area contributed by atoms with E-state index in [1.54, 1.807) is 179 Å². The first-order chi connectivity index (χ1) is 49.2. The minimum Gasteiger partial charge on any atom is 1.00 e. The van der Waals surface area contributed by atoms with Crippen LogP contribution in [0.4, 0.5) is 0 Å². The summed E-state index contributed by atoms with van der Waals surface area (Å²) in [5.41, 5.74) is 21.1. The molecule has 15 rings (SSSR count). The fourth-order valence-corrected chi connectivity index (χ4v) is 77.8. The van der Waals surface area contributed by atoms with Gasteiger partial charge >= 0.3 is 75.6 Å². The van der Waals surface area contributed by atoms with E-state index < -0.39 is 105 Å². The van der Waals surface area contributed by atoms with Crippen LogP contribution in [-0.4, -0.2) is 84.3 Å². The number of halogens is 3. The molecule has 17 atom stereocenters. The van der Waals surface area contributed by atoms with Crippen molar-refractivity contribution in [1.82, 2.24) is 0 Å². The van der Waals surface area contributed by atoms with Gasteiger partial charge in [-0.2, -0.15) is 11.1 Å². The van der Waals surface area contributed by atoms with Crippen molar-refractivity contribution in [3.63, 3.8) is 0 Å². The molecule has 0 radical (unpaired) electrons. The van der Waals surface area contributed by atoms with Gasteiger partial charge in [-0.25, -0.2) is 0 Å². The first kappa shape index (κ1) is 99.8. The average Bonchev–Trinajstić information content (AvgIpc) is 1.56. The molecule has 8 saturated carbocycles. The van der Waals surface area contributed by atoms with Crippen LogP contribution in [0.15, 0.2) is 60.2 Å². The second-order valence-electron chi connectivity index (χ2n) is 47.2. The normalized spacial score (nSPS) is 31.2. The van der Waals surface area contributed by atoms with Crippen LogP contribution in [0.25, 0.3) is 12.2 Å². The van der Waals surface area contributed by atoms with E-state index in [0.717, 1.165) is 75.8 Å². The van der Waals surface area contributed by atoms with Crippen LogP contribution in [-0.2, 0) is 46.5 Å². The number of fused-ring (bicyclic) bond motifs is 8. The molecule has 0 N–H and O–H groups in total. The zero-order chi connectivity index (χ0) is 77.5. The van der Waals surface area contributed by atoms with Crippen molar-refractivity contribution in [3.05, 3.63) is 120 Å². The van der Waals surface area contributed by atoms with Gasteiger partial charge in [0.2, 0.25) is 0 Å². The monoisotopic (exact) mass is 1800 g/mol. The standard InChI is InChI=1S/2C25H50Si3.C25H38Si3.C16H23ClSi2.2CH3.2ClH.2Li.Zr/c3*1-26(2,3)18-19-11-13-23(15-19)27(4,5)28(6,7)25-14-12-22-16-20-9-8-10-21(20)17-24(22)25;1-18(2,19(3,4)17)16-9-8-14-10-12-6-5-7-13(12)11-15(14)16;;;;;;;/h2*19-25H,8-18H2,1-7H3;11-17,23,25H,8-10,18H2,1-7H3;8-11,16H,5-7H2,1-4H3;2*1H3;2*1H;;;/q;;;;2*-1;;;2*+1;+4/p-2. The third kappa shape index (κ3) is 21.9. The summed E-state index contributed by atoms with van der Waals surface area (Å²) in [4.78, 5) is 0. The van der Waals surface area contributed by atoms with Gasteiger partial charge in [-0.15, -0.1) is 0 Å². The molecule has 110 heavy (non-hydrogen) atoms. The second-order valence-corrected chi connectivity index (χ2v) is 134. The van der Waals surface area contributed by atoms with Crippen molar-refractivity contribution < 1.29 is 58.6 Å². The van der Waals surface area contributed by atoms with E-state index in [-0.39, 0.29) is 52.6 Å². The largest absolute Gasteiger partial charge is 1.00 e. The van der Waals surface area contributed by atoms with Gasteiger partial charge in [0.1, 0.15) is 6.90 Å². The van der Waals surface area contributed by atoms with Crippen molar-refractivity contribution in [2.24, 2.45) is 59.2 Å². The van der Waals surface area contributed by atoms with Crippen LogP contribution in [0.1, 0.15) is 197 Å². The van der Waals surface area contributed by atoms with Crippen LogP contribution in [0.2, 0.25) is 210 Å². The number of benzene rings is 2. The van der Waals surface area contributed by atoms with Gasteiger partial charge in [-0.05, 0) is 213 Å². The van der Waals surface area contributed by atoms with Crippen LogP contribution < -0.4 is 37.7 Å². The molecule has 2 aromatic rings. The van der Waals surface area contributed by atoms with E-state index >= 15 is 0 Å². The number of aryl methyl sites for hydroxylation is 4. The van der Waals surface area contributed by atoms with E-state index in [1.165, 1.54) is 66.8 Å². The van der Waals surface area contributed by atoms with Gasteiger partial charge in [0.15, 0.2) is 0 Å². The Balaban J connectivity index is 0.000000201. The predicted molar refractivity (Wildman–Crippen MR) is 518 cm³/mol. The molecule has 13 aliphatic carbocycles. The topological polar surface area (TPSA) is 0 Å². The van der Waals surface area contributed by atoms with Crippen LogP contribution >= 0.6 is 28.1 Å². The fourth-order valence-electron chi connectivity index (χ4n) is 26.9. The summed E-state index contributed by atoms with van der Waals surface area (Å²) in [5.74, 6) is 11.4. The third-order valence-corrected chi connectivity index (χ3v) is 121. The Bertz CT molecular complexity index is 3400. The number of hydrogen-bond acceptors (Lipinski definition) is 0. The Labute approximate surface area is 741 Å². The zero-order valence-corrected chi connectivity index (χ0v) is 93.0. The number of hydrogen-bond donors (Lipinski definition) is 0. The smallest absolute Gasteiger partial charge is 1.00 e. The van der Waals surface area contributed by atoms with Crippen molar-refractivity contribution >= 4 is 125 Å². The third-order valence-electron chi connectivity index (χ3n) is 35.5. The SMILES string of the molecule is C[Si](C)(C)CC1=CC([Si](C)(C)[Si](C)(C)C2C=Cc3cc4c(cc32)CCC4)C=C1.C[Si](C)(C)CC1CCC([Si](C)(C)[Si](C)(C)C2CCC3CC4CCCC4CC32)C1.C[Si](C)(C)CC1CCC([Si](C)(C)[Si](C)(C)C2CCC3CC4CCCC4CC32)C1.C[Si](C)(Cl)[Si](C)(C)C1C=Cc2cc3c(cc21)CCC3.[CH3-].[CH3-].[Cl][Zr+2][Cl].[Li+].[Li+]. The Kier molecular flexibility index (Phi) is 35.3. The first-order valence-electron chi connectivity index (χ1n) is 44.9. The van der Waals surface area contributed by atoms with Gasteiger partial charge in [-0.3, -0.25) is 0 Å². The van der Waals surface area contributed by atoms with Gasteiger partial charge in [0.05, 0.1) is 22.8 Å². The number of rotatable bonds is 17. The van der Waals surface area contributed by atoms with E-state index in [1.807, 2.05) is 0 Å². The molecule has 0 saturated heterocycles.